The van der Waals surface area contributed by atoms with Gasteiger partial charge < -0.3 is 0 Å². The summed E-state index contributed by atoms with van der Waals surface area (Å²) in [5.74, 6) is -0.170. The van der Waals surface area contributed by atoms with Gasteiger partial charge in [0.15, 0.2) is 5.78 Å². The molecule has 20 heavy (non-hydrogen) atoms. The van der Waals surface area contributed by atoms with Crippen molar-refractivity contribution in [1.29, 1.82) is 0 Å². The summed E-state index contributed by atoms with van der Waals surface area (Å²) in [6.07, 6.45) is 8.81. The smallest absolute Gasteiger partial charge is 0.276 e. The molecule has 6 heteroatoms. The second-order valence-electron chi connectivity index (χ2n) is 4.03. The minimum absolute atomic E-state index is 0.153. The quantitative estimate of drug-likeness (QED) is 0.627. The summed E-state index contributed by atoms with van der Waals surface area (Å²) >= 11 is 1.34. The summed E-state index contributed by atoms with van der Waals surface area (Å²) < 4.78 is 0. The first-order chi connectivity index (χ1) is 9.75. The van der Waals surface area contributed by atoms with Crippen molar-refractivity contribution in [3.05, 3.63) is 48.8 Å². The number of aromatic nitrogens is 1. The number of fused-ring (bicyclic) bond motifs is 1. The molecule has 0 bridgehead atoms. The van der Waals surface area contributed by atoms with Gasteiger partial charge in [0.05, 0.1) is 10.8 Å². The molecule has 0 aliphatic carbocycles. The van der Waals surface area contributed by atoms with Gasteiger partial charge in [0.25, 0.3) is 5.91 Å². The first-order valence-corrected chi connectivity index (χ1v) is 7.73. The highest BCUT2D eigenvalue weighted by Crippen LogP contribution is 2.18. The Morgan fingerprint density at radius 1 is 1.35 bits per heavy atom. The number of allylic oxidation sites excluding steroid dienone is 2. The molecule has 100 valence electrons. The molecule has 3 rings (SSSR count). The van der Waals surface area contributed by atoms with Gasteiger partial charge in [0.2, 0.25) is 0 Å². The second kappa shape index (κ2) is 5.60. The number of amides is 1. The molecule has 2 aliphatic rings. The van der Waals surface area contributed by atoms with Crippen molar-refractivity contribution in [1.82, 2.24) is 9.88 Å². The lowest BCUT2D eigenvalue weighted by Gasteiger charge is -2.14. The molecular weight excluding hydrogens is 292 g/mol. The summed E-state index contributed by atoms with van der Waals surface area (Å²) in [7, 11) is 1.23. The van der Waals surface area contributed by atoms with Crippen LogP contribution >= 0.6 is 22.7 Å². The van der Waals surface area contributed by atoms with E-state index in [1.165, 1.54) is 27.6 Å². The van der Waals surface area contributed by atoms with Crippen LogP contribution < -0.4 is 0 Å². The van der Waals surface area contributed by atoms with Crippen molar-refractivity contribution < 1.29 is 9.59 Å². The molecule has 3 heterocycles. The molecule has 1 amide bonds. The van der Waals surface area contributed by atoms with E-state index < -0.39 is 0 Å². The molecule has 0 unspecified atom stereocenters. The molecule has 0 saturated carbocycles. The average Bonchev–Trinajstić information content (AvgIpc) is 2.84. The van der Waals surface area contributed by atoms with Crippen molar-refractivity contribution in [2.75, 3.05) is 5.75 Å². The van der Waals surface area contributed by atoms with Crippen LogP contribution in [0.3, 0.4) is 0 Å². The summed E-state index contributed by atoms with van der Waals surface area (Å²) in [4.78, 5) is 31.0. The lowest BCUT2D eigenvalue weighted by Crippen LogP contribution is -2.35. The van der Waals surface area contributed by atoms with Crippen LogP contribution in [0, 0.1) is 0 Å². The molecule has 1 aromatic heterocycles. The molecule has 1 aromatic rings. The van der Waals surface area contributed by atoms with Gasteiger partial charge in [0, 0.05) is 12.4 Å². The highest BCUT2D eigenvalue weighted by molar-refractivity contribution is 8.03. The highest BCUT2D eigenvalue weighted by Gasteiger charge is 2.30. The van der Waals surface area contributed by atoms with Crippen LogP contribution in [0.25, 0.3) is 0 Å². The maximum atomic E-state index is 12.2. The summed E-state index contributed by atoms with van der Waals surface area (Å²) in [6.45, 7) is 0. The predicted octanol–water partition coefficient (Wildman–Crippen LogP) is 1.70. The largest absolute Gasteiger partial charge is 0.292 e. The molecular formula is C14H10N2O2S2. The van der Waals surface area contributed by atoms with E-state index in [1.807, 2.05) is 30.4 Å². The normalized spacial score (nSPS) is 16.4. The topological polar surface area (TPSA) is 50.3 Å². The molecule has 4 nitrogen and oxygen atoms in total. The minimum Gasteiger partial charge on any atom is -0.292 e. The number of ketones is 1. The van der Waals surface area contributed by atoms with Crippen molar-refractivity contribution in [2.24, 2.45) is 0 Å². The van der Waals surface area contributed by atoms with Crippen LogP contribution in [0.2, 0.25) is 0 Å². The van der Waals surface area contributed by atoms with Crippen LogP contribution in [0.15, 0.2) is 53.8 Å². The van der Waals surface area contributed by atoms with Crippen LogP contribution in [-0.2, 0) is 9.59 Å². The van der Waals surface area contributed by atoms with E-state index in [9.17, 15) is 9.59 Å². The zero-order valence-electron chi connectivity index (χ0n) is 10.4. The van der Waals surface area contributed by atoms with E-state index >= 15 is 0 Å². The van der Waals surface area contributed by atoms with Gasteiger partial charge in [-0.15, -0.1) is 10.9 Å². The van der Waals surface area contributed by atoms with Gasteiger partial charge in [-0.2, -0.15) is 0 Å². The molecule has 0 radical (unpaired) electrons. The standard InChI is InChI=1S/C14H10N2O2S2/c17-10(9-19-11-5-1-3-7-15-11)13-14(18)16-8-4-2-6-12(16)20-13/h1-8H,9H2. The molecule has 0 aromatic carbocycles. The number of rotatable bonds is 4. The Morgan fingerprint density at radius 3 is 3.00 bits per heavy atom. The Labute approximate surface area is 123 Å². The number of hydrogen-bond donors (Lipinski definition) is 0. The Balaban J connectivity index is 1.72. The number of pyridine rings is 1. The Kier molecular flexibility index (Phi) is 3.66. The highest BCUT2D eigenvalue weighted by atomic mass is 32.2. The molecule has 0 atom stereocenters. The van der Waals surface area contributed by atoms with Gasteiger partial charge in [-0.3, -0.25) is 14.5 Å². The zero-order chi connectivity index (χ0) is 13.9. The van der Waals surface area contributed by atoms with Gasteiger partial charge >= 0.3 is 0 Å². The third-order valence-corrected chi connectivity index (χ3v) is 4.78. The summed E-state index contributed by atoms with van der Waals surface area (Å²) in [5.41, 5.74) is 0. The fourth-order valence-corrected chi connectivity index (χ4v) is 3.54. The van der Waals surface area contributed by atoms with Gasteiger partial charge in [-0.25, -0.2) is 4.98 Å². The fraction of sp³-hybridized carbons (Fsp3) is 0.0714. The van der Waals surface area contributed by atoms with E-state index in [0.29, 0.717) is 0 Å². The van der Waals surface area contributed by atoms with Crippen molar-refractivity contribution in [3.63, 3.8) is 0 Å². The number of Topliss-reactive ketones (excluding diaryl/α,β-unsaturated/α-hetero) is 1. The molecule has 2 aliphatic heterocycles. The predicted molar refractivity (Wildman–Crippen MR) is 82.7 cm³/mol. The van der Waals surface area contributed by atoms with Gasteiger partial charge in [-0.05, 0) is 24.3 Å². The fourth-order valence-electron chi connectivity index (χ4n) is 1.75. The first kappa shape index (κ1) is 13.1. The number of hydrogen-bond acceptors (Lipinski definition) is 4. The number of thioether (sulfide) groups is 1. The zero-order valence-corrected chi connectivity index (χ0v) is 12.0. The third-order valence-electron chi connectivity index (χ3n) is 2.68. The van der Waals surface area contributed by atoms with E-state index in [4.69, 9.17) is 0 Å². The van der Waals surface area contributed by atoms with Crippen molar-refractivity contribution >= 4 is 44.2 Å². The summed E-state index contributed by atoms with van der Waals surface area (Å²) in [5, 5.41) is 0.780. The average molecular weight is 302 g/mol. The maximum absolute atomic E-state index is 12.2. The maximum Gasteiger partial charge on any atom is 0.276 e. The molecule has 0 saturated heterocycles. The van der Waals surface area contributed by atoms with Crippen LogP contribution in [-0.4, -0.2) is 37.2 Å². The summed E-state index contributed by atoms with van der Waals surface area (Å²) in [6, 6.07) is 5.54. The molecule has 0 spiro atoms. The van der Waals surface area contributed by atoms with Crippen LogP contribution in [0.1, 0.15) is 0 Å². The van der Waals surface area contributed by atoms with E-state index in [2.05, 4.69) is 4.98 Å². The van der Waals surface area contributed by atoms with E-state index in [1.54, 1.807) is 18.5 Å². The monoisotopic (exact) mass is 302 g/mol. The molecule has 0 fully saturated rings. The van der Waals surface area contributed by atoms with Gasteiger partial charge in [0.1, 0.15) is 9.85 Å². The SMILES string of the molecule is O=C(CSc1ccccn1)C1=S=C2C=CC=CN2C1=O. The van der Waals surface area contributed by atoms with E-state index in [0.717, 1.165) is 10.0 Å². The minimum atomic E-state index is -0.239. The number of carbonyl (C=O) groups excluding carboxylic acids is 2. The number of nitrogens with zero attached hydrogens (tertiary/aromatic N) is 2. The molecule has 0 N–H and O–H groups in total. The Bertz CT molecular complexity index is 701. The lowest BCUT2D eigenvalue weighted by molar-refractivity contribution is -0.119. The lowest BCUT2D eigenvalue weighted by atomic mass is 10.2. The number of carbonyl (C=O) groups is 2. The first-order valence-electron chi connectivity index (χ1n) is 5.93. The second-order valence-corrected chi connectivity index (χ2v) is 6.05. The third kappa shape index (κ3) is 2.52. The van der Waals surface area contributed by atoms with Gasteiger partial charge in [-0.1, -0.05) is 23.9 Å². The van der Waals surface area contributed by atoms with Crippen molar-refractivity contribution in [2.45, 2.75) is 5.03 Å². The Morgan fingerprint density at radius 2 is 2.25 bits per heavy atom. The van der Waals surface area contributed by atoms with Crippen molar-refractivity contribution in [3.8, 4) is 0 Å². The van der Waals surface area contributed by atoms with Crippen LogP contribution in [0.5, 0.6) is 0 Å². The van der Waals surface area contributed by atoms with E-state index in [-0.39, 0.29) is 22.3 Å². The Hall–Kier alpha value is -1.92. The van der Waals surface area contributed by atoms with Crippen LogP contribution in [0.4, 0.5) is 0 Å².